The van der Waals surface area contributed by atoms with Gasteiger partial charge in [0, 0.05) is 31.2 Å². The molecule has 8 heteroatoms. The number of carbonyl (C=O) groups is 3. The monoisotopic (exact) mass is 643 g/mol. The maximum Gasteiger partial charge on any atom is 0.307 e. The molecule has 1 aliphatic heterocycles. The molecule has 2 bridgehead atoms. The van der Waals surface area contributed by atoms with Crippen LogP contribution in [0.4, 0.5) is 0 Å². The molecule has 0 radical (unpaired) electrons. The Morgan fingerprint density at radius 2 is 1.72 bits per heavy atom. The number of rotatable bonds is 9. The van der Waals surface area contributed by atoms with Crippen molar-refractivity contribution in [3.8, 4) is 0 Å². The first kappa shape index (κ1) is 35.4. The average Bonchev–Trinajstić information content (AvgIpc) is 2.95. The zero-order valence-electron chi connectivity index (χ0n) is 30.2. The Morgan fingerprint density at radius 3 is 2.33 bits per heavy atom. The highest BCUT2D eigenvalue weighted by atomic mass is 16.6. The third kappa shape index (κ3) is 5.27. The molecule has 0 spiro atoms. The summed E-state index contributed by atoms with van der Waals surface area (Å²) in [4.78, 5) is 37.4. The van der Waals surface area contributed by atoms with Crippen molar-refractivity contribution in [2.75, 3.05) is 26.4 Å². The van der Waals surface area contributed by atoms with E-state index in [2.05, 4.69) is 66.8 Å². The minimum Gasteiger partial charge on any atom is -0.481 e. The van der Waals surface area contributed by atoms with E-state index in [9.17, 15) is 19.5 Å². The molecular formula is C38H61NO7. The van der Waals surface area contributed by atoms with Crippen LogP contribution < -0.4 is 5.32 Å². The number of aliphatic carboxylic acids is 1. The van der Waals surface area contributed by atoms with E-state index in [0.717, 1.165) is 32.1 Å². The van der Waals surface area contributed by atoms with Gasteiger partial charge in [-0.3, -0.25) is 14.4 Å². The van der Waals surface area contributed by atoms with Crippen LogP contribution in [-0.4, -0.2) is 61.5 Å². The molecule has 1 amide bonds. The number of nitrogens with one attached hydrogen (secondary N) is 1. The fraction of sp³-hybridized carbons (Fsp3) is 0.868. The summed E-state index contributed by atoms with van der Waals surface area (Å²) in [5.74, 6) is -0.0910. The minimum absolute atomic E-state index is 0.0613. The van der Waals surface area contributed by atoms with Gasteiger partial charge >= 0.3 is 11.9 Å². The topological polar surface area (TPSA) is 111 Å². The maximum atomic E-state index is 13.3. The Hall–Kier alpha value is -1.93. The summed E-state index contributed by atoms with van der Waals surface area (Å²) in [5, 5.41) is 13.8. The number of amides is 1. The van der Waals surface area contributed by atoms with E-state index in [1.54, 1.807) is 0 Å². The number of esters is 1. The summed E-state index contributed by atoms with van der Waals surface area (Å²) in [7, 11) is 0. The largest absolute Gasteiger partial charge is 0.481 e. The lowest BCUT2D eigenvalue weighted by molar-refractivity contribution is -0.268. The number of ether oxygens (including phenoxy) is 3. The second-order valence-corrected chi connectivity index (χ2v) is 17.5. The van der Waals surface area contributed by atoms with Crippen LogP contribution in [0.25, 0.3) is 0 Å². The molecule has 0 aromatic heterocycles. The minimum atomic E-state index is -0.652. The van der Waals surface area contributed by atoms with E-state index < -0.39 is 18.0 Å². The van der Waals surface area contributed by atoms with Crippen molar-refractivity contribution in [3.63, 3.8) is 0 Å². The predicted octanol–water partition coefficient (Wildman–Crippen LogP) is 6.66. The highest BCUT2D eigenvalue weighted by Crippen LogP contribution is 2.75. The van der Waals surface area contributed by atoms with E-state index in [1.807, 2.05) is 0 Å². The molecule has 1 heterocycles. The van der Waals surface area contributed by atoms with Crippen molar-refractivity contribution in [1.29, 1.82) is 0 Å². The van der Waals surface area contributed by atoms with Gasteiger partial charge in [0.25, 0.3) is 0 Å². The van der Waals surface area contributed by atoms with Crippen LogP contribution in [0, 0.1) is 62.6 Å². The molecule has 5 rings (SSSR count). The summed E-state index contributed by atoms with van der Waals surface area (Å²) >= 11 is 0. The number of carboxylic acids is 1. The molecule has 12 atom stereocenters. The van der Waals surface area contributed by atoms with Crippen molar-refractivity contribution in [2.45, 2.75) is 120 Å². The predicted molar refractivity (Wildman–Crippen MR) is 177 cm³/mol. The van der Waals surface area contributed by atoms with Crippen LogP contribution in [0.3, 0.4) is 0 Å². The van der Waals surface area contributed by atoms with Gasteiger partial charge in [0.05, 0.1) is 25.7 Å². The maximum absolute atomic E-state index is 13.3. The first-order chi connectivity index (χ1) is 21.4. The Morgan fingerprint density at radius 1 is 1.02 bits per heavy atom. The molecular weight excluding hydrogens is 582 g/mol. The van der Waals surface area contributed by atoms with Crippen molar-refractivity contribution in [3.05, 3.63) is 11.6 Å². The van der Waals surface area contributed by atoms with Crippen LogP contribution in [0.1, 0.15) is 108 Å². The standard InChI is InChI=1S/C38H61NO7/c1-22(2)24(4)34(7)15-16-36(9)27-11-12-30-35(8)20-44-21-38(30,28(27)13-14-37(36,10)31(34)33(42)43)17-29(46-26(6)41)32(35)45-19-23(3)18-39-25(5)40/h13,22-24,27,29-32H,11-12,14-21H2,1-10H3,(H,39,40)(H,42,43)/t23?,24-,27+,29-,30+,31-,32+,34-,35?,36-,37+,38+/m1/s1. The molecule has 1 saturated heterocycles. The summed E-state index contributed by atoms with van der Waals surface area (Å²) in [5.41, 5.74) is -0.0623. The normalized spacial score (nSPS) is 44.5. The second-order valence-electron chi connectivity index (χ2n) is 17.5. The molecule has 0 aromatic carbocycles. The van der Waals surface area contributed by atoms with E-state index in [-0.39, 0.29) is 56.9 Å². The highest BCUT2D eigenvalue weighted by Gasteiger charge is 2.72. The highest BCUT2D eigenvalue weighted by molar-refractivity contribution is 5.73. The molecule has 8 nitrogen and oxygen atoms in total. The Balaban J connectivity index is 1.53. The van der Waals surface area contributed by atoms with Gasteiger partial charge in [-0.1, -0.05) is 67.0 Å². The fourth-order valence-corrected chi connectivity index (χ4v) is 11.8. The summed E-state index contributed by atoms with van der Waals surface area (Å²) in [6.45, 7) is 23.1. The summed E-state index contributed by atoms with van der Waals surface area (Å²) in [6, 6.07) is 0. The SMILES string of the molecule is CC(=O)NCC(C)CO[C@H]1[C@H](OC(C)=O)C[C@@]23COCC1(C)[C@@H]2CC[C@H]1C3=CC[C@@]2(C)[C@H](C(=O)O)[C@@](C)([C@H](C)C(C)C)CC[C@]12C. The van der Waals surface area contributed by atoms with Gasteiger partial charge < -0.3 is 24.6 Å². The lowest BCUT2D eigenvalue weighted by Crippen LogP contribution is -2.70. The number of fused-ring (bicyclic) bond motifs is 3. The smallest absolute Gasteiger partial charge is 0.307 e. The Labute approximate surface area is 277 Å². The Bertz CT molecular complexity index is 1250. The number of carboxylic acid groups (broad SMARTS) is 1. The van der Waals surface area contributed by atoms with Crippen LogP contribution in [0.15, 0.2) is 11.6 Å². The van der Waals surface area contributed by atoms with Gasteiger partial charge in [0.2, 0.25) is 5.91 Å². The van der Waals surface area contributed by atoms with Crippen LogP contribution in [0.2, 0.25) is 0 Å². The quantitative estimate of drug-likeness (QED) is 0.213. The van der Waals surface area contributed by atoms with E-state index in [0.29, 0.717) is 50.5 Å². The second kappa shape index (κ2) is 12.2. The van der Waals surface area contributed by atoms with Crippen molar-refractivity contribution in [1.82, 2.24) is 5.32 Å². The molecule has 4 fully saturated rings. The van der Waals surface area contributed by atoms with E-state index >= 15 is 0 Å². The first-order valence-electron chi connectivity index (χ1n) is 17.9. The van der Waals surface area contributed by atoms with Crippen LogP contribution in [-0.2, 0) is 28.6 Å². The van der Waals surface area contributed by atoms with Crippen LogP contribution in [0.5, 0.6) is 0 Å². The lowest BCUT2D eigenvalue weighted by Gasteiger charge is -2.71. The van der Waals surface area contributed by atoms with Gasteiger partial charge in [-0.25, -0.2) is 0 Å². The molecule has 5 aliphatic rings. The van der Waals surface area contributed by atoms with Gasteiger partial charge in [0.1, 0.15) is 12.2 Å². The van der Waals surface area contributed by atoms with Gasteiger partial charge in [-0.05, 0) is 84.4 Å². The third-order valence-corrected chi connectivity index (χ3v) is 14.6. The molecule has 0 aromatic rings. The summed E-state index contributed by atoms with van der Waals surface area (Å²) < 4.78 is 19.4. The zero-order valence-corrected chi connectivity index (χ0v) is 30.2. The molecule has 46 heavy (non-hydrogen) atoms. The van der Waals surface area contributed by atoms with Crippen molar-refractivity contribution < 1.29 is 33.7 Å². The van der Waals surface area contributed by atoms with Gasteiger partial charge in [-0.2, -0.15) is 0 Å². The molecule has 2 N–H and O–H groups in total. The number of hydrogen-bond donors (Lipinski definition) is 2. The first-order valence-corrected chi connectivity index (χ1v) is 17.9. The number of carbonyl (C=O) groups excluding carboxylic acids is 2. The zero-order chi connectivity index (χ0) is 34.0. The molecule has 3 saturated carbocycles. The van der Waals surface area contributed by atoms with Crippen molar-refractivity contribution in [2.24, 2.45) is 62.6 Å². The van der Waals surface area contributed by atoms with E-state index in [1.165, 1.54) is 19.4 Å². The molecule has 260 valence electrons. The van der Waals surface area contributed by atoms with Crippen LogP contribution >= 0.6 is 0 Å². The van der Waals surface area contributed by atoms with Crippen molar-refractivity contribution >= 4 is 17.8 Å². The average molecular weight is 644 g/mol. The fourth-order valence-electron chi connectivity index (χ4n) is 11.8. The third-order valence-electron chi connectivity index (χ3n) is 14.6. The number of hydrogen-bond acceptors (Lipinski definition) is 6. The molecule has 2 unspecified atom stereocenters. The molecule has 4 aliphatic carbocycles. The number of allylic oxidation sites excluding steroid dienone is 1. The van der Waals surface area contributed by atoms with Gasteiger partial charge in [0.15, 0.2) is 0 Å². The summed E-state index contributed by atoms with van der Waals surface area (Å²) in [6.07, 6.45) is 7.03. The lowest BCUT2D eigenvalue weighted by atomic mass is 9.34. The van der Waals surface area contributed by atoms with E-state index in [4.69, 9.17) is 14.2 Å². The Kier molecular flexibility index (Phi) is 9.38. The van der Waals surface area contributed by atoms with Gasteiger partial charge in [-0.15, -0.1) is 0 Å².